The van der Waals surface area contributed by atoms with Crippen molar-refractivity contribution < 1.29 is 4.39 Å². The summed E-state index contributed by atoms with van der Waals surface area (Å²) in [5.74, 6) is 0.217. The number of allylic oxidation sites excluding steroid dienone is 1. The fraction of sp³-hybridized carbons (Fsp3) is 0.111. The number of halogens is 3. The molecule has 0 amide bonds. The van der Waals surface area contributed by atoms with Crippen LogP contribution in [0.4, 0.5) is 4.39 Å². The van der Waals surface area contributed by atoms with E-state index in [-0.39, 0.29) is 5.82 Å². The van der Waals surface area contributed by atoms with Gasteiger partial charge in [0.05, 0.1) is 0 Å². The van der Waals surface area contributed by atoms with Crippen molar-refractivity contribution in [1.29, 1.82) is 0 Å². The number of rotatable bonds is 2. The number of hydrogen-bond donors (Lipinski definition) is 0. The van der Waals surface area contributed by atoms with Gasteiger partial charge in [-0.2, -0.15) is 0 Å². The summed E-state index contributed by atoms with van der Waals surface area (Å²) in [6.45, 7) is 0. The molecule has 0 N–H and O–H groups in total. The molecule has 64 valence electrons. The van der Waals surface area contributed by atoms with Gasteiger partial charge in [-0.25, -0.2) is 4.39 Å². The van der Waals surface area contributed by atoms with Gasteiger partial charge in [0.1, 0.15) is 5.82 Å². The monoisotopic (exact) mass is 248 g/mol. The first kappa shape index (κ1) is 9.75. The molecule has 3 heteroatoms. The smallest absolute Gasteiger partial charge is 0.124 e. The Bertz CT molecular complexity index is 297. The highest BCUT2D eigenvalue weighted by Gasteiger charge is 1.96. The fourth-order valence-corrected chi connectivity index (χ4v) is 1.38. The molecule has 0 unspecified atom stereocenters. The van der Waals surface area contributed by atoms with Crippen molar-refractivity contribution in [2.45, 2.75) is 0 Å². The van der Waals surface area contributed by atoms with Gasteiger partial charge < -0.3 is 0 Å². The standard InChI is InChI=1S/C9H7BrClF/c10-9-6-8(12)4-3-7(9)2-1-5-11/h1-4,6H,5H2. The summed E-state index contributed by atoms with van der Waals surface area (Å²) >= 11 is 8.70. The quantitative estimate of drug-likeness (QED) is 0.699. The minimum Gasteiger partial charge on any atom is -0.207 e. The van der Waals surface area contributed by atoms with E-state index in [2.05, 4.69) is 15.9 Å². The van der Waals surface area contributed by atoms with Crippen molar-refractivity contribution in [3.63, 3.8) is 0 Å². The largest absolute Gasteiger partial charge is 0.207 e. The maximum atomic E-state index is 12.6. The van der Waals surface area contributed by atoms with E-state index in [1.165, 1.54) is 12.1 Å². The lowest BCUT2D eigenvalue weighted by Gasteiger charge is -1.96. The zero-order chi connectivity index (χ0) is 8.97. The third kappa shape index (κ3) is 2.61. The molecule has 0 aromatic heterocycles. The first-order valence-electron chi connectivity index (χ1n) is 3.41. The lowest BCUT2D eigenvalue weighted by molar-refractivity contribution is 0.627. The Morgan fingerprint density at radius 2 is 2.25 bits per heavy atom. The van der Waals surface area contributed by atoms with Crippen molar-refractivity contribution in [3.8, 4) is 0 Å². The molecule has 0 atom stereocenters. The van der Waals surface area contributed by atoms with Crippen molar-refractivity contribution in [1.82, 2.24) is 0 Å². The van der Waals surface area contributed by atoms with E-state index >= 15 is 0 Å². The number of hydrogen-bond acceptors (Lipinski definition) is 0. The topological polar surface area (TPSA) is 0 Å². The Labute approximate surface area is 84.2 Å². The van der Waals surface area contributed by atoms with E-state index in [1.807, 2.05) is 6.08 Å². The van der Waals surface area contributed by atoms with Crippen molar-refractivity contribution in [2.75, 3.05) is 5.88 Å². The fourth-order valence-electron chi connectivity index (χ4n) is 0.808. The normalized spacial score (nSPS) is 10.9. The molecule has 0 aliphatic heterocycles. The van der Waals surface area contributed by atoms with Gasteiger partial charge >= 0.3 is 0 Å². The van der Waals surface area contributed by atoms with E-state index in [0.29, 0.717) is 5.88 Å². The average Bonchev–Trinajstić information content (AvgIpc) is 2.03. The van der Waals surface area contributed by atoms with Crippen molar-refractivity contribution >= 4 is 33.6 Å². The zero-order valence-corrected chi connectivity index (χ0v) is 8.57. The van der Waals surface area contributed by atoms with Crippen LogP contribution in [0.15, 0.2) is 28.7 Å². The Balaban J connectivity index is 2.94. The SMILES string of the molecule is Fc1ccc(C=CCCl)c(Br)c1. The maximum Gasteiger partial charge on any atom is 0.124 e. The minimum atomic E-state index is -0.245. The van der Waals surface area contributed by atoms with Crippen LogP contribution >= 0.6 is 27.5 Å². The molecule has 0 fully saturated rings. The molecule has 0 radical (unpaired) electrons. The van der Waals surface area contributed by atoms with Crippen LogP contribution in [0.2, 0.25) is 0 Å². The molecule has 0 aliphatic rings. The van der Waals surface area contributed by atoms with Crippen LogP contribution in [0, 0.1) is 5.82 Å². The van der Waals surface area contributed by atoms with E-state index in [9.17, 15) is 4.39 Å². The van der Waals surface area contributed by atoms with Crippen LogP contribution in [0.25, 0.3) is 6.08 Å². The highest BCUT2D eigenvalue weighted by Crippen LogP contribution is 2.19. The van der Waals surface area contributed by atoms with Crippen molar-refractivity contribution in [3.05, 3.63) is 40.1 Å². The van der Waals surface area contributed by atoms with Crippen LogP contribution in [-0.2, 0) is 0 Å². The van der Waals surface area contributed by atoms with Gasteiger partial charge in [-0.3, -0.25) is 0 Å². The molecular formula is C9H7BrClF. The van der Waals surface area contributed by atoms with Crippen LogP contribution < -0.4 is 0 Å². The minimum absolute atomic E-state index is 0.245. The summed E-state index contributed by atoms with van der Waals surface area (Å²) in [5, 5.41) is 0. The van der Waals surface area contributed by atoms with Crippen LogP contribution in [0.5, 0.6) is 0 Å². The molecule has 0 nitrogen and oxygen atoms in total. The molecule has 0 heterocycles. The molecule has 12 heavy (non-hydrogen) atoms. The summed E-state index contributed by atoms with van der Waals surface area (Å²) in [4.78, 5) is 0. The first-order chi connectivity index (χ1) is 5.74. The Morgan fingerprint density at radius 1 is 1.50 bits per heavy atom. The predicted octanol–water partition coefficient (Wildman–Crippen LogP) is 3.84. The molecule has 1 aromatic carbocycles. The van der Waals surface area contributed by atoms with Gasteiger partial charge in [0, 0.05) is 10.4 Å². The molecule has 0 spiro atoms. The van der Waals surface area contributed by atoms with E-state index in [1.54, 1.807) is 12.1 Å². The Hall–Kier alpha value is -0.340. The third-order valence-electron chi connectivity index (χ3n) is 1.35. The molecule has 0 aliphatic carbocycles. The molecule has 0 saturated carbocycles. The average molecular weight is 250 g/mol. The van der Waals surface area contributed by atoms with Gasteiger partial charge in [0.2, 0.25) is 0 Å². The second-order valence-electron chi connectivity index (χ2n) is 2.22. The summed E-state index contributed by atoms with van der Waals surface area (Å²) in [7, 11) is 0. The number of benzene rings is 1. The van der Waals surface area contributed by atoms with Crippen molar-refractivity contribution in [2.24, 2.45) is 0 Å². The molecule has 0 bridgehead atoms. The lowest BCUT2D eigenvalue weighted by Crippen LogP contribution is -1.78. The van der Waals surface area contributed by atoms with Crippen LogP contribution in [-0.4, -0.2) is 5.88 Å². The summed E-state index contributed by atoms with van der Waals surface area (Å²) in [5.41, 5.74) is 0.928. The van der Waals surface area contributed by atoms with Crippen LogP contribution in [0.3, 0.4) is 0 Å². The van der Waals surface area contributed by atoms with Gasteiger partial charge in [-0.1, -0.05) is 34.1 Å². The molecule has 1 rings (SSSR count). The Kier molecular flexibility index (Phi) is 3.76. The van der Waals surface area contributed by atoms with Gasteiger partial charge in [-0.15, -0.1) is 11.6 Å². The third-order valence-corrected chi connectivity index (χ3v) is 2.21. The maximum absolute atomic E-state index is 12.6. The highest BCUT2D eigenvalue weighted by atomic mass is 79.9. The molecule has 1 aromatic rings. The van der Waals surface area contributed by atoms with Gasteiger partial charge in [-0.05, 0) is 17.7 Å². The molecule has 0 saturated heterocycles. The van der Waals surface area contributed by atoms with E-state index in [0.717, 1.165) is 10.0 Å². The van der Waals surface area contributed by atoms with Gasteiger partial charge in [0.25, 0.3) is 0 Å². The summed E-state index contributed by atoms with van der Waals surface area (Å²) in [6.07, 6.45) is 3.65. The van der Waals surface area contributed by atoms with Crippen LogP contribution in [0.1, 0.15) is 5.56 Å². The molecular weight excluding hydrogens is 242 g/mol. The van der Waals surface area contributed by atoms with E-state index < -0.39 is 0 Å². The summed E-state index contributed by atoms with van der Waals surface area (Å²) in [6, 6.07) is 4.54. The van der Waals surface area contributed by atoms with E-state index in [4.69, 9.17) is 11.6 Å². The predicted molar refractivity (Wildman–Crippen MR) is 53.9 cm³/mol. The first-order valence-corrected chi connectivity index (χ1v) is 4.74. The zero-order valence-electron chi connectivity index (χ0n) is 6.23. The second-order valence-corrected chi connectivity index (χ2v) is 3.39. The highest BCUT2D eigenvalue weighted by molar-refractivity contribution is 9.10. The second kappa shape index (κ2) is 4.63. The summed E-state index contributed by atoms with van der Waals surface area (Å²) < 4.78 is 13.3. The Morgan fingerprint density at radius 3 is 2.83 bits per heavy atom. The lowest BCUT2D eigenvalue weighted by atomic mass is 10.2. The van der Waals surface area contributed by atoms with Gasteiger partial charge in [0.15, 0.2) is 0 Å². The number of alkyl halides is 1.